The van der Waals surface area contributed by atoms with Crippen molar-refractivity contribution in [2.45, 2.75) is 32.4 Å². The van der Waals surface area contributed by atoms with Gasteiger partial charge in [0.1, 0.15) is 41.3 Å². The van der Waals surface area contributed by atoms with Gasteiger partial charge in [0.2, 0.25) is 0 Å². The quantitative estimate of drug-likeness (QED) is 0.313. The molecule has 11 heteroatoms. The average Bonchev–Trinajstić information content (AvgIpc) is 3.39. The average molecular weight is 555 g/mol. The second-order valence-corrected chi connectivity index (χ2v) is 9.73. The van der Waals surface area contributed by atoms with E-state index >= 15 is 0 Å². The predicted molar refractivity (Wildman–Crippen MR) is 144 cm³/mol. The van der Waals surface area contributed by atoms with E-state index in [1.165, 1.54) is 29.9 Å². The van der Waals surface area contributed by atoms with Gasteiger partial charge in [0.15, 0.2) is 5.69 Å². The molecular weight excluding hydrogens is 530 g/mol. The lowest BCUT2D eigenvalue weighted by Gasteiger charge is -2.31. The third kappa shape index (κ3) is 4.61. The van der Waals surface area contributed by atoms with Crippen LogP contribution in [0.1, 0.15) is 41.9 Å². The lowest BCUT2D eigenvalue weighted by Crippen LogP contribution is -2.46. The zero-order valence-corrected chi connectivity index (χ0v) is 22.7. The first-order chi connectivity index (χ1) is 19.6. The number of pyridine rings is 1. The fourth-order valence-corrected chi connectivity index (χ4v) is 4.72. The van der Waals surface area contributed by atoms with E-state index < -0.39 is 23.1 Å². The highest BCUT2D eigenvalue weighted by Crippen LogP contribution is 2.46. The molecule has 206 valence electrons. The van der Waals surface area contributed by atoms with Crippen LogP contribution in [0.25, 0.3) is 28.1 Å². The number of hydrogen-bond acceptors (Lipinski definition) is 7. The Kier molecular flexibility index (Phi) is 6.89. The van der Waals surface area contributed by atoms with E-state index in [4.69, 9.17) is 9.47 Å². The number of carbonyl (C=O) groups excluding carboxylic acids is 1. The van der Waals surface area contributed by atoms with Crippen molar-refractivity contribution < 1.29 is 23.0 Å². The van der Waals surface area contributed by atoms with Gasteiger partial charge in [0, 0.05) is 53.8 Å². The summed E-state index contributed by atoms with van der Waals surface area (Å²) in [5, 5.41) is 23.7. The molecule has 0 fully saturated rings. The van der Waals surface area contributed by atoms with Crippen LogP contribution >= 0.6 is 0 Å². The smallest absolute Gasteiger partial charge is 0.275 e. The van der Waals surface area contributed by atoms with Gasteiger partial charge in [-0.2, -0.15) is 15.6 Å². The lowest BCUT2D eigenvalue weighted by molar-refractivity contribution is 0.0663. The fraction of sp³-hybridized carbons (Fsp3) is 0.233. The summed E-state index contributed by atoms with van der Waals surface area (Å²) in [7, 11) is 3.01. The maximum atomic E-state index is 14.4. The van der Waals surface area contributed by atoms with Gasteiger partial charge in [-0.3, -0.25) is 9.78 Å². The van der Waals surface area contributed by atoms with Crippen molar-refractivity contribution in [1.29, 1.82) is 10.5 Å². The van der Waals surface area contributed by atoms with Gasteiger partial charge in [0.05, 0.1) is 30.1 Å². The molecular formula is C30H24F2N6O3. The van der Waals surface area contributed by atoms with E-state index in [0.717, 1.165) is 18.2 Å². The highest BCUT2D eigenvalue weighted by Gasteiger charge is 2.37. The summed E-state index contributed by atoms with van der Waals surface area (Å²) < 4.78 is 41.7. The molecule has 0 spiro atoms. The van der Waals surface area contributed by atoms with E-state index in [1.54, 1.807) is 38.2 Å². The molecule has 1 unspecified atom stereocenters. The molecule has 0 N–H and O–H groups in total. The summed E-state index contributed by atoms with van der Waals surface area (Å²) in [4.78, 5) is 19.2. The van der Waals surface area contributed by atoms with E-state index in [2.05, 4.69) is 22.2 Å². The van der Waals surface area contributed by atoms with Crippen molar-refractivity contribution in [2.24, 2.45) is 0 Å². The van der Waals surface area contributed by atoms with Gasteiger partial charge in [-0.25, -0.2) is 13.5 Å². The fourth-order valence-electron chi connectivity index (χ4n) is 4.72. The molecule has 9 nitrogen and oxygen atoms in total. The number of ether oxygens (including phenoxy) is 2. The third-order valence-electron chi connectivity index (χ3n) is 7.36. The summed E-state index contributed by atoms with van der Waals surface area (Å²) in [6.07, 6.45) is 3.37. The Morgan fingerprint density at radius 1 is 1.15 bits per heavy atom. The van der Waals surface area contributed by atoms with Crippen molar-refractivity contribution in [3.63, 3.8) is 0 Å². The number of nitrogens with zero attached hydrogens (tertiary/aromatic N) is 6. The zero-order chi connectivity index (χ0) is 29.5. The summed E-state index contributed by atoms with van der Waals surface area (Å²) >= 11 is 0. The highest BCUT2D eigenvalue weighted by molar-refractivity contribution is 5.97. The maximum absolute atomic E-state index is 14.4. The summed E-state index contributed by atoms with van der Waals surface area (Å²) in [5.41, 5.74) is 1.66. The van der Waals surface area contributed by atoms with Crippen molar-refractivity contribution in [3.05, 3.63) is 77.2 Å². The van der Waals surface area contributed by atoms with Crippen LogP contribution in [0.3, 0.4) is 0 Å². The number of methoxy groups -OCH3 is 1. The number of benzene rings is 2. The maximum Gasteiger partial charge on any atom is 0.275 e. The Morgan fingerprint density at radius 2 is 1.88 bits per heavy atom. The minimum atomic E-state index is -1.12. The molecule has 0 bridgehead atoms. The third-order valence-corrected chi connectivity index (χ3v) is 7.36. The standard InChI is InChI=1S/C30H24F2N6O3/c1-5-30(2,16-34)37(3)29(39)27-24-15-41-26-11-25(40-4)22(18-6-17(12-33)13-35-14-18)10-23(26)28(24)38(36-27)21-8-19(31)7-20(32)9-21/h6-11,13-14H,5,15H2,1-4H3. The molecule has 2 aromatic heterocycles. The van der Waals surface area contributed by atoms with Crippen molar-refractivity contribution >= 4 is 5.91 Å². The molecule has 2 aromatic carbocycles. The van der Waals surface area contributed by atoms with E-state index in [9.17, 15) is 24.1 Å². The van der Waals surface area contributed by atoms with Crippen LogP contribution in [0.4, 0.5) is 8.78 Å². The molecule has 0 saturated heterocycles. The number of hydrogen-bond donors (Lipinski definition) is 0. The topological polar surface area (TPSA) is 117 Å². The summed E-state index contributed by atoms with van der Waals surface area (Å²) in [6.45, 7) is 3.36. The van der Waals surface area contributed by atoms with Crippen LogP contribution in [-0.4, -0.2) is 45.3 Å². The number of amides is 1. The number of aromatic nitrogens is 3. The number of halogens is 2. The largest absolute Gasteiger partial charge is 0.496 e. The summed E-state index contributed by atoms with van der Waals surface area (Å²) in [5.74, 6) is -1.35. The predicted octanol–water partition coefficient (Wildman–Crippen LogP) is 5.42. The zero-order valence-electron chi connectivity index (χ0n) is 22.7. The van der Waals surface area contributed by atoms with Crippen molar-refractivity contribution in [2.75, 3.05) is 14.2 Å². The first kappa shape index (κ1) is 27.3. The number of carbonyl (C=O) groups is 1. The monoisotopic (exact) mass is 554 g/mol. The number of nitriles is 2. The van der Waals surface area contributed by atoms with Gasteiger partial charge in [-0.1, -0.05) is 6.92 Å². The van der Waals surface area contributed by atoms with Crippen LogP contribution in [0, 0.1) is 34.3 Å². The van der Waals surface area contributed by atoms with Crippen LogP contribution in [-0.2, 0) is 6.61 Å². The van der Waals surface area contributed by atoms with Gasteiger partial charge in [-0.15, -0.1) is 0 Å². The molecule has 0 radical (unpaired) electrons. The van der Waals surface area contributed by atoms with Crippen LogP contribution in [0.5, 0.6) is 11.5 Å². The first-order valence-corrected chi connectivity index (χ1v) is 12.6. The lowest BCUT2D eigenvalue weighted by atomic mass is 9.95. The highest BCUT2D eigenvalue weighted by atomic mass is 19.1. The van der Waals surface area contributed by atoms with Crippen LogP contribution in [0.2, 0.25) is 0 Å². The number of fused-ring (bicyclic) bond motifs is 3. The van der Waals surface area contributed by atoms with Gasteiger partial charge in [-0.05, 0) is 37.6 Å². The Hall–Kier alpha value is -5.29. The number of rotatable bonds is 6. The SMILES string of the molecule is CCC(C)(C#N)N(C)C(=O)c1nn(-c2cc(F)cc(F)c2)c2c1COc1cc(OC)c(-c3cncc(C#N)c3)cc1-2. The molecule has 1 aliphatic heterocycles. The van der Waals surface area contributed by atoms with Gasteiger partial charge in [0.25, 0.3) is 5.91 Å². The first-order valence-electron chi connectivity index (χ1n) is 12.6. The molecule has 1 aliphatic rings. The Bertz CT molecular complexity index is 1770. The second kappa shape index (κ2) is 10.4. The van der Waals surface area contributed by atoms with Crippen LogP contribution in [0.15, 0.2) is 48.8 Å². The van der Waals surface area contributed by atoms with Crippen molar-refractivity contribution in [1.82, 2.24) is 19.7 Å². The second-order valence-electron chi connectivity index (χ2n) is 9.73. The molecule has 5 rings (SSSR count). The molecule has 1 amide bonds. The van der Waals surface area contributed by atoms with E-state index in [-0.39, 0.29) is 18.0 Å². The Labute approximate surface area is 234 Å². The minimum Gasteiger partial charge on any atom is -0.496 e. The molecule has 1 atom stereocenters. The van der Waals surface area contributed by atoms with Crippen molar-refractivity contribution in [3.8, 4) is 51.7 Å². The molecule has 41 heavy (non-hydrogen) atoms. The molecule has 0 aliphatic carbocycles. The van der Waals surface area contributed by atoms with Crippen LogP contribution < -0.4 is 9.47 Å². The Balaban J connectivity index is 1.79. The van der Waals surface area contributed by atoms with Gasteiger partial charge < -0.3 is 14.4 Å². The van der Waals surface area contributed by atoms with E-state index in [1.807, 2.05) is 0 Å². The minimum absolute atomic E-state index is 0.0155. The molecule has 4 aromatic rings. The molecule has 3 heterocycles. The van der Waals surface area contributed by atoms with E-state index in [0.29, 0.717) is 51.4 Å². The summed E-state index contributed by atoms with van der Waals surface area (Å²) in [6, 6.07) is 12.3. The normalized spacial score (nSPS) is 13.1. The Morgan fingerprint density at radius 3 is 2.51 bits per heavy atom. The van der Waals surface area contributed by atoms with Gasteiger partial charge >= 0.3 is 0 Å². The molecule has 0 saturated carbocycles.